The Labute approximate surface area is 105 Å². The Bertz CT molecular complexity index is 342. The largest absolute Gasteiger partial charge is 0.316 e. The third-order valence-electron chi connectivity index (χ3n) is 3.82. The predicted octanol–water partition coefficient (Wildman–Crippen LogP) is 0.495. The first kappa shape index (κ1) is 13.3. The topological polar surface area (TPSA) is 49.4 Å². The van der Waals surface area contributed by atoms with Crippen molar-refractivity contribution in [1.82, 2.24) is 10.2 Å². The first-order valence-corrected chi connectivity index (χ1v) is 8.44. The molecule has 2 saturated heterocycles. The number of sulfone groups is 1. The fourth-order valence-corrected chi connectivity index (χ4v) is 4.76. The van der Waals surface area contributed by atoms with Crippen molar-refractivity contribution in [3.05, 3.63) is 0 Å². The van der Waals surface area contributed by atoms with E-state index >= 15 is 0 Å². The fraction of sp³-hybridized carbons (Fsp3) is 1.00. The average molecular weight is 260 g/mol. The van der Waals surface area contributed by atoms with Crippen molar-refractivity contribution in [3.8, 4) is 0 Å². The van der Waals surface area contributed by atoms with Crippen LogP contribution in [0.1, 0.15) is 26.2 Å². The van der Waals surface area contributed by atoms with E-state index in [-0.39, 0.29) is 5.25 Å². The van der Waals surface area contributed by atoms with Crippen molar-refractivity contribution in [2.45, 2.75) is 31.4 Å². The molecule has 0 aromatic rings. The number of hydrogen-bond acceptors (Lipinski definition) is 4. The van der Waals surface area contributed by atoms with Gasteiger partial charge in [-0.2, -0.15) is 0 Å². The summed E-state index contributed by atoms with van der Waals surface area (Å²) in [6.07, 6.45) is 2.85. The van der Waals surface area contributed by atoms with Gasteiger partial charge in [0.05, 0.1) is 11.0 Å². The van der Waals surface area contributed by atoms with Gasteiger partial charge < -0.3 is 10.2 Å². The van der Waals surface area contributed by atoms with Crippen LogP contribution in [0.3, 0.4) is 0 Å². The standard InChI is InChI=1S/C12H24N2O2S/c1-11-8-13-5-3-6-14(9-11)10-12-4-2-7-17(12,15)16/h11-13H,2-10H2,1H3. The minimum atomic E-state index is -2.78. The zero-order valence-electron chi connectivity index (χ0n) is 10.7. The molecule has 0 spiro atoms. The number of hydrogen-bond donors (Lipinski definition) is 1. The second-order valence-electron chi connectivity index (χ2n) is 5.55. The minimum Gasteiger partial charge on any atom is -0.316 e. The Morgan fingerprint density at radius 3 is 2.88 bits per heavy atom. The van der Waals surface area contributed by atoms with Crippen molar-refractivity contribution in [1.29, 1.82) is 0 Å². The predicted molar refractivity (Wildman–Crippen MR) is 69.9 cm³/mol. The SMILES string of the molecule is CC1CNCCCN(CC2CCCS2(=O)=O)C1. The van der Waals surface area contributed by atoms with Crippen LogP contribution >= 0.6 is 0 Å². The van der Waals surface area contributed by atoms with Crippen molar-refractivity contribution in [2.24, 2.45) is 5.92 Å². The van der Waals surface area contributed by atoms with Gasteiger partial charge in [0.15, 0.2) is 9.84 Å². The summed E-state index contributed by atoms with van der Waals surface area (Å²) in [6, 6.07) is 0. The molecule has 4 nitrogen and oxygen atoms in total. The van der Waals surface area contributed by atoms with Crippen molar-refractivity contribution in [3.63, 3.8) is 0 Å². The molecule has 0 aromatic heterocycles. The number of nitrogens with zero attached hydrogens (tertiary/aromatic N) is 1. The minimum absolute atomic E-state index is 0.0953. The Morgan fingerprint density at radius 2 is 2.18 bits per heavy atom. The zero-order chi connectivity index (χ0) is 12.3. The molecule has 0 bridgehead atoms. The van der Waals surface area contributed by atoms with Gasteiger partial charge in [0.2, 0.25) is 0 Å². The quantitative estimate of drug-likeness (QED) is 0.785. The average Bonchev–Trinajstić information content (AvgIpc) is 2.54. The summed E-state index contributed by atoms with van der Waals surface area (Å²) in [5.41, 5.74) is 0. The normalized spacial score (nSPS) is 35.4. The van der Waals surface area contributed by atoms with E-state index in [0.29, 0.717) is 11.7 Å². The molecule has 0 aromatic carbocycles. The fourth-order valence-electron chi connectivity index (χ4n) is 2.89. The van der Waals surface area contributed by atoms with E-state index in [4.69, 9.17) is 0 Å². The lowest BCUT2D eigenvalue weighted by Crippen LogP contribution is -2.42. The van der Waals surface area contributed by atoms with Gasteiger partial charge in [-0.25, -0.2) is 8.42 Å². The first-order chi connectivity index (χ1) is 8.08. The van der Waals surface area contributed by atoms with Crippen LogP contribution < -0.4 is 5.32 Å². The second kappa shape index (κ2) is 5.67. The maximum absolute atomic E-state index is 11.8. The molecule has 5 heteroatoms. The number of nitrogens with one attached hydrogen (secondary N) is 1. The van der Waals surface area contributed by atoms with Gasteiger partial charge in [0.1, 0.15) is 0 Å². The van der Waals surface area contributed by atoms with Gasteiger partial charge in [-0.05, 0) is 44.8 Å². The van der Waals surface area contributed by atoms with E-state index in [9.17, 15) is 8.42 Å². The monoisotopic (exact) mass is 260 g/mol. The Hall–Kier alpha value is -0.130. The highest BCUT2D eigenvalue weighted by molar-refractivity contribution is 7.92. The zero-order valence-corrected chi connectivity index (χ0v) is 11.5. The molecule has 2 heterocycles. The number of rotatable bonds is 2. The van der Waals surface area contributed by atoms with E-state index in [2.05, 4.69) is 17.1 Å². The lowest BCUT2D eigenvalue weighted by atomic mass is 10.1. The molecule has 2 rings (SSSR count). The molecule has 2 fully saturated rings. The molecule has 0 amide bonds. The van der Waals surface area contributed by atoms with Crippen LogP contribution in [0.2, 0.25) is 0 Å². The lowest BCUT2D eigenvalue weighted by molar-refractivity contribution is 0.215. The van der Waals surface area contributed by atoms with Gasteiger partial charge in [-0.15, -0.1) is 0 Å². The van der Waals surface area contributed by atoms with Crippen molar-refractivity contribution in [2.75, 3.05) is 38.5 Å². The first-order valence-electron chi connectivity index (χ1n) is 6.72. The van der Waals surface area contributed by atoms with E-state index in [0.717, 1.165) is 52.0 Å². The van der Waals surface area contributed by atoms with Crippen LogP contribution in [-0.4, -0.2) is 57.0 Å². The summed E-state index contributed by atoms with van der Waals surface area (Å²) < 4.78 is 23.7. The summed E-state index contributed by atoms with van der Waals surface area (Å²) >= 11 is 0. The molecular formula is C12H24N2O2S. The maximum atomic E-state index is 11.8. The summed E-state index contributed by atoms with van der Waals surface area (Å²) in [4.78, 5) is 2.36. The summed E-state index contributed by atoms with van der Waals surface area (Å²) in [7, 11) is -2.78. The van der Waals surface area contributed by atoms with Crippen LogP contribution in [0.15, 0.2) is 0 Å². The summed E-state index contributed by atoms with van der Waals surface area (Å²) in [5, 5.41) is 3.33. The van der Waals surface area contributed by atoms with Gasteiger partial charge in [0.25, 0.3) is 0 Å². The van der Waals surface area contributed by atoms with E-state index in [1.54, 1.807) is 0 Å². The smallest absolute Gasteiger partial charge is 0.154 e. The molecule has 2 aliphatic rings. The molecule has 17 heavy (non-hydrogen) atoms. The van der Waals surface area contributed by atoms with E-state index < -0.39 is 9.84 Å². The van der Waals surface area contributed by atoms with Crippen LogP contribution in [-0.2, 0) is 9.84 Å². The maximum Gasteiger partial charge on any atom is 0.154 e. The highest BCUT2D eigenvalue weighted by atomic mass is 32.2. The molecule has 0 aliphatic carbocycles. The Kier molecular flexibility index (Phi) is 4.44. The highest BCUT2D eigenvalue weighted by Gasteiger charge is 2.32. The lowest BCUT2D eigenvalue weighted by Gasteiger charge is -2.30. The van der Waals surface area contributed by atoms with Gasteiger partial charge in [-0.3, -0.25) is 0 Å². The molecule has 0 radical (unpaired) electrons. The highest BCUT2D eigenvalue weighted by Crippen LogP contribution is 2.21. The van der Waals surface area contributed by atoms with E-state index in [1.165, 1.54) is 0 Å². The molecule has 0 saturated carbocycles. The van der Waals surface area contributed by atoms with Gasteiger partial charge in [0, 0.05) is 13.1 Å². The van der Waals surface area contributed by atoms with Crippen LogP contribution in [0.5, 0.6) is 0 Å². The van der Waals surface area contributed by atoms with Crippen LogP contribution in [0.25, 0.3) is 0 Å². The molecule has 2 unspecified atom stereocenters. The third-order valence-corrected chi connectivity index (χ3v) is 6.07. The van der Waals surface area contributed by atoms with Crippen molar-refractivity contribution < 1.29 is 8.42 Å². The summed E-state index contributed by atoms with van der Waals surface area (Å²) in [6.45, 7) is 7.15. The third kappa shape index (κ3) is 3.66. The molecule has 2 aliphatic heterocycles. The van der Waals surface area contributed by atoms with Crippen LogP contribution in [0.4, 0.5) is 0 Å². The molecular weight excluding hydrogens is 236 g/mol. The Morgan fingerprint density at radius 1 is 1.35 bits per heavy atom. The molecule has 2 atom stereocenters. The summed E-state index contributed by atoms with van der Waals surface area (Å²) in [5.74, 6) is 1.02. The Balaban J connectivity index is 1.92. The van der Waals surface area contributed by atoms with E-state index in [1.807, 2.05) is 0 Å². The van der Waals surface area contributed by atoms with Crippen LogP contribution in [0, 0.1) is 5.92 Å². The second-order valence-corrected chi connectivity index (χ2v) is 7.95. The van der Waals surface area contributed by atoms with Crippen molar-refractivity contribution >= 4 is 9.84 Å². The molecule has 1 N–H and O–H groups in total. The molecule has 100 valence electrons. The van der Waals surface area contributed by atoms with Gasteiger partial charge in [-0.1, -0.05) is 6.92 Å². The van der Waals surface area contributed by atoms with Gasteiger partial charge >= 0.3 is 0 Å².